The second-order valence-corrected chi connectivity index (χ2v) is 3.85. The molecule has 1 aromatic rings. The third-order valence-corrected chi connectivity index (χ3v) is 3.53. The Kier molecular flexibility index (Phi) is 2.66. The minimum Gasteiger partial charge on any atom is -0.205 e. The summed E-state index contributed by atoms with van der Waals surface area (Å²) in [5.74, 6) is 0. The van der Waals surface area contributed by atoms with Gasteiger partial charge in [0.1, 0.15) is 4.34 Å². The molecule has 0 spiro atoms. The van der Waals surface area contributed by atoms with E-state index in [1.54, 1.807) is 0 Å². The SMILES string of the molecule is FC(F)c1csc(Cl)c1Br. The summed E-state index contributed by atoms with van der Waals surface area (Å²) < 4.78 is 24.6. The standard InChI is InChI=1S/C5H2BrClF2S/c6-3-2(5(8)9)1-10-4(3)7/h1,5H. The highest BCUT2D eigenvalue weighted by Gasteiger charge is 2.15. The molecule has 5 heteroatoms. The van der Waals surface area contributed by atoms with Gasteiger partial charge in [0.2, 0.25) is 0 Å². The van der Waals surface area contributed by atoms with E-state index in [0.717, 1.165) is 11.3 Å². The minimum absolute atomic E-state index is 0.0324. The average Bonchev–Trinajstić information content (AvgIpc) is 2.14. The lowest BCUT2D eigenvalue weighted by Gasteiger charge is -1.93. The van der Waals surface area contributed by atoms with Crippen LogP contribution < -0.4 is 0 Å². The van der Waals surface area contributed by atoms with Gasteiger partial charge in [-0.1, -0.05) is 11.6 Å². The molecule has 0 saturated heterocycles. The number of alkyl halides is 2. The normalized spacial score (nSPS) is 10.9. The molecule has 0 bridgehead atoms. The summed E-state index contributed by atoms with van der Waals surface area (Å²) in [6.07, 6.45) is -2.45. The van der Waals surface area contributed by atoms with Crippen LogP contribution in [0.25, 0.3) is 0 Å². The minimum atomic E-state index is -2.45. The number of rotatable bonds is 1. The van der Waals surface area contributed by atoms with E-state index in [2.05, 4.69) is 15.9 Å². The molecule has 0 amide bonds. The Morgan fingerprint density at radius 1 is 1.60 bits per heavy atom. The van der Waals surface area contributed by atoms with Crippen LogP contribution in [0.2, 0.25) is 4.34 Å². The number of halogens is 4. The van der Waals surface area contributed by atoms with Gasteiger partial charge in [0.05, 0.1) is 4.47 Å². The summed E-state index contributed by atoms with van der Waals surface area (Å²) in [5.41, 5.74) is -0.0324. The first-order valence-electron chi connectivity index (χ1n) is 2.33. The number of hydrogen-bond acceptors (Lipinski definition) is 1. The third-order valence-electron chi connectivity index (χ3n) is 0.950. The van der Waals surface area contributed by atoms with Crippen molar-refractivity contribution in [1.29, 1.82) is 0 Å². The summed E-state index contributed by atoms with van der Waals surface area (Å²) in [4.78, 5) is 0. The predicted molar refractivity (Wildman–Crippen MR) is 42.0 cm³/mol. The maximum absolute atomic E-state index is 12.0. The van der Waals surface area contributed by atoms with Crippen molar-refractivity contribution in [2.45, 2.75) is 6.43 Å². The lowest BCUT2D eigenvalue weighted by molar-refractivity contribution is 0.151. The molecule has 0 unspecified atom stereocenters. The highest BCUT2D eigenvalue weighted by atomic mass is 79.9. The highest BCUT2D eigenvalue weighted by Crippen LogP contribution is 2.37. The van der Waals surface area contributed by atoms with E-state index in [4.69, 9.17) is 11.6 Å². The van der Waals surface area contributed by atoms with E-state index in [1.807, 2.05) is 0 Å². The lowest BCUT2D eigenvalue weighted by atomic mass is 10.4. The zero-order chi connectivity index (χ0) is 7.72. The number of hydrogen-bond donors (Lipinski definition) is 0. The first-order chi connectivity index (χ1) is 4.63. The molecule has 0 saturated carbocycles. The molecular weight excluding hydrogens is 245 g/mol. The van der Waals surface area contributed by atoms with Gasteiger partial charge in [0.15, 0.2) is 0 Å². The van der Waals surface area contributed by atoms with Crippen LogP contribution in [0.3, 0.4) is 0 Å². The maximum atomic E-state index is 12.0. The molecule has 0 nitrogen and oxygen atoms in total. The Morgan fingerprint density at radius 3 is 2.40 bits per heavy atom. The largest absolute Gasteiger partial charge is 0.265 e. The molecule has 1 aromatic heterocycles. The number of thiophene rings is 1. The second kappa shape index (κ2) is 3.15. The van der Waals surface area contributed by atoms with Gasteiger partial charge in [-0.2, -0.15) is 0 Å². The van der Waals surface area contributed by atoms with Crippen LogP contribution in [0.4, 0.5) is 8.78 Å². The highest BCUT2D eigenvalue weighted by molar-refractivity contribution is 9.10. The smallest absolute Gasteiger partial charge is 0.205 e. The van der Waals surface area contributed by atoms with Crippen molar-refractivity contribution < 1.29 is 8.78 Å². The van der Waals surface area contributed by atoms with Crippen LogP contribution in [0.1, 0.15) is 12.0 Å². The molecule has 0 fully saturated rings. The quantitative estimate of drug-likeness (QED) is 0.701. The van der Waals surface area contributed by atoms with Crippen molar-refractivity contribution in [2.75, 3.05) is 0 Å². The van der Waals surface area contributed by atoms with Crippen LogP contribution in [0.15, 0.2) is 9.85 Å². The van der Waals surface area contributed by atoms with Gasteiger partial charge < -0.3 is 0 Å². The Labute approximate surface area is 73.9 Å². The molecule has 56 valence electrons. The summed E-state index contributed by atoms with van der Waals surface area (Å²) in [6.45, 7) is 0. The van der Waals surface area contributed by atoms with Gasteiger partial charge >= 0.3 is 0 Å². The zero-order valence-corrected chi connectivity index (χ0v) is 7.73. The molecule has 0 aliphatic rings. The van der Waals surface area contributed by atoms with E-state index in [1.165, 1.54) is 5.38 Å². The Bertz CT molecular complexity index is 236. The monoisotopic (exact) mass is 246 g/mol. The van der Waals surface area contributed by atoms with Gasteiger partial charge in [-0.25, -0.2) is 8.78 Å². The van der Waals surface area contributed by atoms with E-state index < -0.39 is 6.43 Å². The fourth-order valence-corrected chi connectivity index (χ4v) is 2.11. The molecule has 1 heterocycles. The molecule has 0 aliphatic carbocycles. The van der Waals surface area contributed by atoms with Crippen molar-refractivity contribution in [2.24, 2.45) is 0 Å². The van der Waals surface area contributed by atoms with Crippen LogP contribution in [0.5, 0.6) is 0 Å². The summed E-state index contributed by atoms with van der Waals surface area (Å²) >= 11 is 9.56. The third kappa shape index (κ3) is 1.49. The van der Waals surface area contributed by atoms with Gasteiger partial charge in [0, 0.05) is 10.9 Å². The van der Waals surface area contributed by atoms with E-state index in [9.17, 15) is 8.78 Å². The molecule has 10 heavy (non-hydrogen) atoms. The zero-order valence-electron chi connectivity index (χ0n) is 4.57. The predicted octanol–water partition coefficient (Wildman–Crippen LogP) is 4.10. The topological polar surface area (TPSA) is 0 Å². The van der Waals surface area contributed by atoms with Crippen molar-refractivity contribution in [3.8, 4) is 0 Å². The van der Waals surface area contributed by atoms with Crippen LogP contribution in [0, 0.1) is 0 Å². The summed E-state index contributed by atoms with van der Waals surface area (Å²) in [6, 6.07) is 0. The first kappa shape index (κ1) is 8.43. The van der Waals surface area contributed by atoms with E-state index in [-0.39, 0.29) is 5.56 Å². The molecule has 0 radical (unpaired) electrons. The fraction of sp³-hybridized carbons (Fsp3) is 0.200. The van der Waals surface area contributed by atoms with Crippen LogP contribution in [-0.2, 0) is 0 Å². The first-order valence-corrected chi connectivity index (χ1v) is 4.38. The van der Waals surface area contributed by atoms with E-state index in [0.29, 0.717) is 8.81 Å². The molecule has 0 aliphatic heterocycles. The van der Waals surface area contributed by atoms with Crippen molar-refractivity contribution in [1.82, 2.24) is 0 Å². The Balaban J connectivity index is 3.05. The van der Waals surface area contributed by atoms with Gasteiger partial charge in [-0.15, -0.1) is 11.3 Å². The molecule has 1 rings (SSSR count). The fourth-order valence-electron chi connectivity index (χ4n) is 0.479. The molecule has 0 N–H and O–H groups in total. The maximum Gasteiger partial charge on any atom is 0.265 e. The molecular formula is C5H2BrClF2S. The van der Waals surface area contributed by atoms with Crippen molar-refractivity contribution in [3.63, 3.8) is 0 Å². The molecule has 0 aromatic carbocycles. The van der Waals surface area contributed by atoms with Gasteiger partial charge in [-0.3, -0.25) is 0 Å². The second-order valence-electron chi connectivity index (χ2n) is 1.58. The van der Waals surface area contributed by atoms with Crippen molar-refractivity contribution in [3.05, 3.63) is 19.8 Å². The van der Waals surface area contributed by atoms with Crippen LogP contribution in [-0.4, -0.2) is 0 Å². The summed E-state index contributed by atoms with van der Waals surface area (Å²) in [7, 11) is 0. The summed E-state index contributed by atoms with van der Waals surface area (Å²) in [5, 5.41) is 1.34. The average molecular weight is 247 g/mol. The Morgan fingerprint density at radius 2 is 2.20 bits per heavy atom. The lowest BCUT2D eigenvalue weighted by Crippen LogP contribution is -1.78. The van der Waals surface area contributed by atoms with Gasteiger partial charge in [-0.05, 0) is 15.9 Å². The van der Waals surface area contributed by atoms with E-state index >= 15 is 0 Å². The van der Waals surface area contributed by atoms with Crippen molar-refractivity contribution >= 4 is 38.9 Å². The van der Waals surface area contributed by atoms with Gasteiger partial charge in [0.25, 0.3) is 6.43 Å². The molecule has 0 atom stereocenters. The van der Waals surface area contributed by atoms with Crippen LogP contribution >= 0.6 is 38.9 Å². The Hall–Kier alpha value is 0.330.